The molecule has 96 heavy (non-hydrogen) atoms. The smallest absolute Gasteiger partial charge is 0.258 e. The van der Waals surface area contributed by atoms with Crippen LogP contribution in [0.1, 0.15) is 137 Å². The second-order valence-corrected chi connectivity index (χ2v) is 23.3. The van der Waals surface area contributed by atoms with Gasteiger partial charge in [-0.3, -0.25) is 58.7 Å². The van der Waals surface area contributed by atoms with Gasteiger partial charge in [0.15, 0.2) is 0 Å². The van der Waals surface area contributed by atoms with Crippen LogP contribution < -0.4 is 29.4 Å². The highest BCUT2D eigenvalue weighted by molar-refractivity contribution is 6.16. The van der Waals surface area contributed by atoms with Gasteiger partial charge in [-0.05, 0) is 184 Å². The van der Waals surface area contributed by atoms with Crippen molar-refractivity contribution in [3.8, 4) is 0 Å². The van der Waals surface area contributed by atoms with E-state index >= 15 is 28.8 Å². The molecule has 18 nitrogen and oxygen atoms in total. The monoisotopic (exact) mass is 1270 g/mol. The van der Waals surface area contributed by atoms with Gasteiger partial charge in [-0.2, -0.15) is 0 Å². The zero-order chi connectivity index (χ0) is 66.7. The van der Waals surface area contributed by atoms with Crippen LogP contribution >= 0.6 is 0 Å². The maximum Gasteiger partial charge on any atom is 0.258 e. The second kappa shape index (κ2) is 26.8. The van der Waals surface area contributed by atoms with Crippen molar-refractivity contribution in [2.75, 3.05) is 68.7 Å². The third-order valence-electron chi connectivity index (χ3n) is 17.1. The molecule has 474 valence electrons. The van der Waals surface area contributed by atoms with Crippen LogP contribution in [0.25, 0.3) is 0 Å². The molecule has 24 bridgehead atoms. The van der Waals surface area contributed by atoms with Gasteiger partial charge in [-0.25, -0.2) is 0 Å². The molecular formula is C78H66N12O6. The van der Waals surface area contributed by atoms with Crippen LogP contribution in [-0.4, -0.2) is 112 Å². The van der Waals surface area contributed by atoms with E-state index in [1.165, 1.54) is 0 Å². The highest BCUT2D eigenvalue weighted by Gasteiger charge is 2.30. The van der Waals surface area contributed by atoms with Gasteiger partial charge < -0.3 is 29.4 Å². The average molecular weight is 1270 g/mol. The molecule has 0 aromatic heterocycles. The van der Waals surface area contributed by atoms with Crippen LogP contribution in [0.2, 0.25) is 0 Å². The van der Waals surface area contributed by atoms with Crippen LogP contribution in [0.3, 0.4) is 0 Å². The van der Waals surface area contributed by atoms with Crippen molar-refractivity contribution in [3.63, 3.8) is 0 Å². The Bertz CT molecular complexity index is 4050. The van der Waals surface area contributed by atoms with Crippen LogP contribution in [0, 0.1) is 0 Å². The molecule has 14 aliphatic rings. The molecule has 0 radical (unpaired) electrons. The van der Waals surface area contributed by atoms with Crippen molar-refractivity contribution < 1.29 is 28.8 Å². The standard InChI is InChI=1S/C78H66N12O6/c1-7-85-67-31-56-26-61(37-67)79-43-49-13-15-51(16-14-49)45-82-64-28-58-34-70(40-64)88(10-4)77(95)59-29-65-41-71(35-59)89(11-5)78(96)60-30-66(42-72(36-60)90(12-6)76(58)94)84-48-54-23-21-53(22-24-54)46-81-63-27-57(33-69(39-63)87(9-3)74(56)92)75(93)86(8-2)68-32-55(73(85)91)25-62(38-68)80-44-50-17-19-52(20-18-50)47-83-65/h13-48H,7-12H2,1-6H3. The molecule has 0 saturated carbocycles. The lowest BCUT2D eigenvalue weighted by molar-refractivity contribution is 0.0977. The number of amides is 6. The first-order valence-electron chi connectivity index (χ1n) is 32.0. The molecule has 9 aromatic rings. The van der Waals surface area contributed by atoms with Gasteiger partial charge in [0.25, 0.3) is 35.4 Å². The summed E-state index contributed by atoms with van der Waals surface area (Å²) < 4.78 is 0. The number of aliphatic imine (C=N–C) groups is 6. The number of nitrogens with zero attached hydrogens (tertiary/aromatic N) is 12. The van der Waals surface area contributed by atoms with Crippen molar-refractivity contribution in [2.45, 2.75) is 41.5 Å². The van der Waals surface area contributed by atoms with E-state index in [4.69, 9.17) is 30.0 Å². The Kier molecular flexibility index (Phi) is 17.5. The third-order valence-corrected chi connectivity index (χ3v) is 17.1. The maximum atomic E-state index is 15.3. The summed E-state index contributed by atoms with van der Waals surface area (Å²) in [6, 6.07) is 53.4. The van der Waals surface area contributed by atoms with E-state index in [9.17, 15) is 0 Å². The molecule has 14 heterocycles. The summed E-state index contributed by atoms with van der Waals surface area (Å²) in [5.41, 5.74) is 10.5. The molecule has 0 saturated heterocycles. The first kappa shape index (κ1) is 62.6. The van der Waals surface area contributed by atoms with Gasteiger partial charge >= 0.3 is 0 Å². The fourth-order valence-electron chi connectivity index (χ4n) is 12.2. The molecule has 14 aliphatic heterocycles. The molecule has 9 aromatic carbocycles. The zero-order valence-electron chi connectivity index (χ0n) is 53.8. The van der Waals surface area contributed by atoms with Crippen molar-refractivity contribution in [1.82, 2.24) is 0 Å². The predicted octanol–water partition coefficient (Wildman–Crippen LogP) is 15.4. The molecule has 0 unspecified atom stereocenters. The Morgan fingerprint density at radius 2 is 0.344 bits per heavy atom. The second-order valence-electron chi connectivity index (χ2n) is 23.3. The summed E-state index contributed by atoms with van der Waals surface area (Å²) in [4.78, 5) is 131. The quantitative estimate of drug-likeness (QED) is 0.159. The molecule has 6 amide bonds. The molecule has 0 aliphatic carbocycles. The number of anilines is 6. The normalized spacial score (nSPS) is 14.6. The molecule has 18 heteroatoms. The van der Waals surface area contributed by atoms with Crippen LogP contribution in [0.4, 0.5) is 68.2 Å². The number of hydrogen-bond acceptors (Lipinski definition) is 12. The molecule has 0 fully saturated rings. The van der Waals surface area contributed by atoms with E-state index in [1.807, 2.05) is 114 Å². The number of benzene rings is 9. The summed E-state index contributed by atoms with van der Waals surface area (Å²) in [5.74, 6) is -2.44. The van der Waals surface area contributed by atoms with Crippen molar-refractivity contribution in [3.05, 3.63) is 249 Å². The van der Waals surface area contributed by atoms with Crippen molar-refractivity contribution in [2.24, 2.45) is 30.0 Å². The van der Waals surface area contributed by atoms with E-state index in [0.29, 0.717) is 102 Å². The zero-order valence-corrected chi connectivity index (χ0v) is 53.8. The van der Waals surface area contributed by atoms with Crippen LogP contribution in [0.5, 0.6) is 0 Å². The third kappa shape index (κ3) is 12.9. The fourth-order valence-corrected chi connectivity index (χ4v) is 12.2. The molecule has 0 atom stereocenters. The lowest BCUT2D eigenvalue weighted by Gasteiger charge is -2.25. The van der Waals surface area contributed by atoms with Gasteiger partial charge in [0, 0.05) is 144 Å². The fraction of sp³-hybridized carbons (Fsp3) is 0.154. The van der Waals surface area contributed by atoms with Gasteiger partial charge in [0.05, 0.1) is 34.1 Å². The van der Waals surface area contributed by atoms with E-state index in [2.05, 4.69) is 0 Å². The maximum absolute atomic E-state index is 15.3. The Morgan fingerprint density at radius 3 is 0.469 bits per heavy atom. The highest BCUT2D eigenvalue weighted by atomic mass is 16.2. The van der Waals surface area contributed by atoms with E-state index in [0.717, 1.165) is 0 Å². The summed E-state index contributed by atoms with van der Waals surface area (Å²) in [7, 11) is 0. The summed E-state index contributed by atoms with van der Waals surface area (Å²) in [6.07, 6.45) is 10.1. The van der Waals surface area contributed by atoms with E-state index in [-0.39, 0.29) is 72.6 Å². The number of carbonyl (C=O) groups is 6. The Morgan fingerprint density at radius 1 is 0.208 bits per heavy atom. The Hall–Kier alpha value is -12.2. The van der Waals surface area contributed by atoms with Gasteiger partial charge in [0.2, 0.25) is 0 Å². The van der Waals surface area contributed by atoms with Crippen molar-refractivity contribution >= 4 is 141 Å². The van der Waals surface area contributed by atoms with Crippen LogP contribution in [0.15, 0.2) is 212 Å². The topological polar surface area (TPSA) is 196 Å². The highest BCUT2D eigenvalue weighted by Crippen LogP contribution is 2.37. The summed E-state index contributed by atoms with van der Waals surface area (Å²) in [6.45, 7) is 12.3. The lowest BCUT2D eigenvalue weighted by atomic mass is 10.1. The molecule has 0 N–H and O–H groups in total. The van der Waals surface area contributed by atoms with Gasteiger partial charge in [-0.1, -0.05) is 72.8 Å². The van der Waals surface area contributed by atoms with E-state index < -0.39 is 35.4 Å². The molecule has 0 spiro atoms. The van der Waals surface area contributed by atoms with Crippen molar-refractivity contribution in [1.29, 1.82) is 0 Å². The SMILES string of the molecule is CCN1C(=O)c2cc3cc(c2)N(CC)C(=O)c2cc4cc(c2)N(CC)C(=O)c2cc(cc1c2)N=Cc1ccc(cc1)C=Nc1cc2cc(c1)N(CC)C(=O)c1cc(cc(c1)N(CC)C(=O)c1cc(cc(c1)N(CC)C2=O)N=Cc1ccc(cc1)C=N4)N=Cc1ccc(cc1)C=N3. The summed E-state index contributed by atoms with van der Waals surface area (Å²) >= 11 is 0. The minimum absolute atomic E-state index is 0.194. The minimum Gasteiger partial charge on any atom is -0.309 e. The first-order chi connectivity index (χ1) is 46.7. The van der Waals surface area contributed by atoms with Gasteiger partial charge in [0.1, 0.15) is 0 Å². The summed E-state index contributed by atoms with van der Waals surface area (Å²) in [5, 5.41) is 0. The lowest BCUT2D eigenvalue weighted by Crippen LogP contribution is -2.32. The van der Waals surface area contributed by atoms with Crippen LogP contribution in [-0.2, 0) is 0 Å². The number of hydrogen-bond donors (Lipinski definition) is 0. The van der Waals surface area contributed by atoms with E-state index in [1.54, 1.807) is 176 Å². The Labute approximate surface area is 556 Å². The molecular weight excluding hydrogens is 1200 g/mol. The number of carbonyl (C=O) groups excluding carboxylic acids is 6. The average Bonchev–Trinajstić information content (AvgIpc) is 1.38. The van der Waals surface area contributed by atoms with Gasteiger partial charge in [-0.15, -0.1) is 0 Å². The minimum atomic E-state index is -0.406. The molecule has 23 rings (SSSR count). The largest absolute Gasteiger partial charge is 0.309 e. The Balaban J connectivity index is 1.09. The first-order valence-corrected chi connectivity index (χ1v) is 32.0. The predicted molar refractivity (Wildman–Crippen MR) is 386 cm³/mol. The number of rotatable bonds is 6.